The molecule has 2 atom stereocenters. The van der Waals surface area contributed by atoms with Gasteiger partial charge in [0.05, 0.1) is 16.0 Å². The number of hydrogen-bond acceptors (Lipinski definition) is 8. The fourth-order valence-corrected chi connectivity index (χ4v) is 6.75. The van der Waals surface area contributed by atoms with E-state index >= 15 is 0 Å². The van der Waals surface area contributed by atoms with Crippen molar-refractivity contribution in [2.45, 2.75) is 62.1 Å². The number of phenolic OH excluding ortho intramolecular Hbond substituents is 1. The highest BCUT2D eigenvalue weighted by Crippen LogP contribution is 2.32. The van der Waals surface area contributed by atoms with Crippen LogP contribution in [0.15, 0.2) is 47.4 Å². The molecule has 1 fully saturated rings. The van der Waals surface area contributed by atoms with Crippen LogP contribution >= 0.6 is 23.4 Å². The lowest BCUT2D eigenvalue weighted by molar-refractivity contribution is -0.155. The predicted molar refractivity (Wildman–Crippen MR) is 136 cm³/mol. The monoisotopic (exact) mass is 558 g/mol. The summed E-state index contributed by atoms with van der Waals surface area (Å²) in [5.41, 5.74) is -0.0580. The molecule has 8 nitrogen and oxygen atoms in total. The topological polar surface area (TPSA) is 113 Å². The Labute approximate surface area is 219 Å². The van der Waals surface area contributed by atoms with Crippen molar-refractivity contribution >= 4 is 45.3 Å². The van der Waals surface area contributed by atoms with Crippen molar-refractivity contribution < 1.29 is 32.2 Å². The quantitative estimate of drug-likeness (QED) is 0.472. The Morgan fingerprint density at radius 2 is 1.89 bits per heavy atom. The molecule has 3 rings (SSSR count). The first kappa shape index (κ1) is 28.2. The minimum absolute atomic E-state index is 0.00231. The van der Waals surface area contributed by atoms with Gasteiger partial charge in [-0.25, -0.2) is 21.9 Å². The number of carbonyl (C=O) groups is 2. The number of hydrogen-bond donors (Lipinski definition) is 2. The summed E-state index contributed by atoms with van der Waals surface area (Å²) in [7, 11) is -4.63. The third kappa shape index (κ3) is 6.50. The summed E-state index contributed by atoms with van der Waals surface area (Å²) in [6.45, 7) is 6.94. The lowest BCUT2D eigenvalue weighted by Gasteiger charge is -2.32. The van der Waals surface area contributed by atoms with Gasteiger partial charge in [0.2, 0.25) is 0 Å². The fourth-order valence-electron chi connectivity index (χ4n) is 3.61. The molecule has 196 valence electrons. The number of ether oxygens (including phenoxy) is 1. The van der Waals surface area contributed by atoms with Crippen LogP contribution in [0.3, 0.4) is 0 Å². The Hall–Kier alpha value is -2.34. The molecule has 0 aromatic heterocycles. The number of rotatable bonds is 8. The Bertz CT molecular complexity index is 1240. The van der Waals surface area contributed by atoms with Crippen LogP contribution in [0.5, 0.6) is 5.75 Å². The summed E-state index contributed by atoms with van der Waals surface area (Å²) in [5.74, 6) is -2.11. The molecule has 0 radical (unpaired) electrons. The molecule has 1 aliphatic heterocycles. The summed E-state index contributed by atoms with van der Waals surface area (Å²) in [6.07, 6.45) is -0.856. The van der Waals surface area contributed by atoms with E-state index < -0.39 is 50.8 Å². The number of carbonyl (C=O) groups excluding carboxylic acids is 2. The highest BCUT2D eigenvalue weighted by Gasteiger charge is 2.46. The zero-order valence-electron chi connectivity index (χ0n) is 20.2. The molecular weight excluding hydrogens is 531 g/mol. The van der Waals surface area contributed by atoms with Crippen molar-refractivity contribution in [1.29, 1.82) is 0 Å². The zero-order valence-corrected chi connectivity index (χ0v) is 22.6. The van der Waals surface area contributed by atoms with Crippen molar-refractivity contribution in [3.63, 3.8) is 0 Å². The van der Waals surface area contributed by atoms with Crippen molar-refractivity contribution in [1.82, 2.24) is 9.62 Å². The van der Waals surface area contributed by atoms with Gasteiger partial charge in [-0.15, -0.1) is 11.8 Å². The summed E-state index contributed by atoms with van der Waals surface area (Å²) >= 11 is 7.25. The van der Waals surface area contributed by atoms with Crippen LogP contribution in [0.25, 0.3) is 0 Å². The molecule has 0 spiro atoms. The smallest absolute Gasteiger partial charge is 0.330 e. The molecule has 12 heteroatoms. The molecule has 0 aliphatic carbocycles. The molecule has 1 aliphatic rings. The van der Waals surface area contributed by atoms with E-state index in [-0.39, 0.29) is 22.1 Å². The second-order valence-electron chi connectivity index (χ2n) is 9.30. The van der Waals surface area contributed by atoms with Crippen LogP contribution in [-0.4, -0.2) is 58.5 Å². The van der Waals surface area contributed by atoms with Crippen LogP contribution in [-0.2, 0) is 30.8 Å². The second-order valence-corrected chi connectivity index (χ2v) is 12.6. The molecule has 2 aromatic rings. The van der Waals surface area contributed by atoms with Gasteiger partial charge in [-0.05, 0) is 69.7 Å². The number of esters is 1. The van der Waals surface area contributed by atoms with E-state index in [1.165, 1.54) is 30.0 Å². The highest BCUT2D eigenvalue weighted by molar-refractivity contribution is 8.01. The van der Waals surface area contributed by atoms with Gasteiger partial charge in [-0.1, -0.05) is 17.7 Å². The summed E-state index contributed by atoms with van der Waals surface area (Å²) in [6, 6.07) is 6.55. The molecule has 1 saturated heterocycles. The average Bonchev–Trinajstić information content (AvgIpc) is 3.15. The van der Waals surface area contributed by atoms with Gasteiger partial charge in [0, 0.05) is 17.7 Å². The molecule has 1 amide bonds. The molecule has 0 saturated carbocycles. The Morgan fingerprint density at radius 1 is 1.25 bits per heavy atom. The second kappa shape index (κ2) is 11.0. The average molecular weight is 559 g/mol. The van der Waals surface area contributed by atoms with Crippen molar-refractivity contribution in [2.24, 2.45) is 0 Å². The van der Waals surface area contributed by atoms with E-state index in [2.05, 4.69) is 5.32 Å². The molecule has 36 heavy (non-hydrogen) atoms. The van der Waals surface area contributed by atoms with Gasteiger partial charge >= 0.3 is 5.97 Å². The zero-order chi connectivity index (χ0) is 26.8. The number of benzene rings is 2. The van der Waals surface area contributed by atoms with Gasteiger partial charge in [0.25, 0.3) is 15.9 Å². The Balaban J connectivity index is 2.14. The number of thioether (sulfide) groups is 1. The first-order chi connectivity index (χ1) is 16.7. The van der Waals surface area contributed by atoms with E-state index in [9.17, 15) is 27.5 Å². The number of aromatic hydroxyl groups is 1. The highest BCUT2D eigenvalue weighted by atomic mass is 35.5. The summed E-state index contributed by atoms with van der Waals surface area (Å²) < 4.78 is 47.1. The van der Waals surface area contributed by atoms with Crippen molar-refractivity contribution in [2.75, 3.05) is 5.75 Å². The fraction of sp³-hybridized carbons (Fsp3) is 0.417. The summed E-state index contributed by atoms with van der Waals surface area (Å²) in [4.78, 5) is 26.7. The maximum Gasteiger partial charge on any atom is 0.330 e. The number of amides is 1. The lowest BCUT2D eigenvalue weighted by atomic mass is 10.1. The van der Waals surface area contributed by atoms with E-state index in [0.29, 0.717) is 15.6 Å². The van der Waals surface area contributed by atoms with E-state index in [0.717, 1.165) is 24.3 Å². The van der Waals surface area contributed by atoms with Gasteiger partial charge in [0.1, 0.15) is 23.0 Å². The lowest BCUT2D eigenvalue weighted by Crippen LogP contribution is -2.56. The molecule has 2 N–H and O–H groups in total. The van der Waals surface area contributed by atoms with Crippen LogP contribution in [0.2, 0.25) is 5.02 Å². The molecular formula is C24H28ClFN2O6S2. The van der Waals surface area contributed by atoms with Gasteiger partial charge in [0.15, 0.2) is 0 Å². The number of halogens is 2. The molecule has 2 aromatic carbocycles. The van der Waals surface area contributed by atoms with Gasteiger partial charge < -0.3 is 9.84 Å². The van der Waals surface area contributed by atoms with E-state index in [4.69, 9.17) is 16.3 Å². The standard InChI is InChI=1S/C24H28ClFN2O6S2/c1-14(2)34-23(31)19(12-15-5-10-20(29)18(25)11-15)28(22(30)21-27-24(3,4)13-35-21)36(32,33)17-8-6-16(26)7-9-17/h5-11,14,19,21,27,29H,12-13H2,1-4H3/t19-,21-/m0/s1. The Kier molecular flexibility index (Phi) is 8.59. The minimum Gasteiger partial charge on any atom is -0.506 e. The number of sulfonamides is 1. The molecule has 0 unspecified atom stereocenters. The van der Waals surface area contributed by atoms with Crippen molar-refractivity contribution in [3.8, 4) is 5.75 Å². The molecule has 1 heterocycles. The van der Waals surface area contributed by atoms with E-state index in [1.54, 1.807) is 13.8 Å². The minimum atomic E-state index is -4.63. The van der Waals surface area contributed by atoms with Crippen molar-refractivity contribution in [3.05, 3.63) is 58.9 Å². The number of nitrogens with one attached hydrogen (secondary N) is 1. The van der Waals surface area contributed by atoms with Gasteiger partial charge in [-0.2, -0.15) is 0 Å². The SMILES string of the molecule is CC(C)OC(=O)[C@H](Cc1ccc(O)c(Cl)c1)N(C(=O)[C@H]1NC(C)(C)CS1)S(=O)(=O)c1ccc(F)cc1. The summed E-state index contributed by atoms with van der Waals surface area (Å²) in [5, 5.41) is 11.9. The molecule has 0 bridgehead atoms. The van der Waals surface area contributed by atoms with Crippen LogP contribution in [0.4, 0.5) is 4.39 Å². The van der Waals surface area contributed by atoms with Gasteiger partial charge in [-0.3, -0.25) is 10.1 Å². The normalized spacial score (nSPS) is 18.1. The maximum atomic E-state index is 13.8. The van der Waals surface area contributed by atoms with Crippen LogP contribution < -0.4 is 5.32 Å². The third-order valence-electron chi connectivity index (χ3n) is 5.29. The van der Waals surface area contributed by atoms with Crippen LogP contribution in [0, 0.1) is 5.82 Å². The Morgan fingerprint density at radius 3 is 2.42 bits per heavy atom. The maximum absolute atomic E-state index is 13.8. The first-order valence-electron chi connectivity index (χ1n) is 11.1. The number of phenols is 1. The van der Waals surface area contributed by atoms with E-state index in [1.807, 2.05) is 13.8 Å². The van der Waals surface area contributed by atoms with Crippen LogP contribution in [0.1, 0.15) is 33.3 Å². The third-order valence-corrected chi connectivity index (χ3v) is 8.96. The largest absolute Gasteiger partial charge is 0.506 e. The predicted octanol–water partition coefficient (Wildman–Crippen LogP) is 3.71. The number of nitrogens with zero attached hydrogens (tertiary/aromatic N) is 1. The first-order valence-corrected chi connectivity index (χ1v) is 14.0.